The molecule has 146 valence electrons. The first-order valence-electron chi connectivity index (χ1n) is 9.25. The summed E-state index contributed by atoms with van der Waals surface area (Å²) in [4.78, 5) is 6.49. The maximum Gasteiger partial charge on any atom is 0.192 e. The number of thiazole rings is 1. The highest BCUT2D eigenvalue weighted by atomic mass is 32.2. The molecule has 1 fully saturated rings. The number of aromatic nitrogens is 1. The lowest BCUT2D eigenvalue weighted by molar-refractivity contribution is 0.308. The lowest BCUT2D eigenvalue weighted by atomic mass is 9.74. The number of para-hydroxylation sites is 1. The molecule has 1 unspecified atom stereocenters. The van der Waals surface area contributed by atoms with Crippen molar-refractivity contribution in [3.8, 4) is 0 Å². The highest BCUT2D eigenvalue weighted by molar-refractivity contribution is 7.91. The molecule has 3 aromatic rings. The van der Waals surface area contributed by atoms with Crippen LogP contribution in [0.3, 0.4) is 0 Å². The van der Waals surface area contributed by atoms with E-state index in [1.54, 1.807) is 6.07 Å². The summed E-state index contributed by atoms with van der Waals surface area (Å²) < 4.78 is 40.7. The van der Waals surface area contributed by atoms with Gasteiger partial charge in [-0.15, -0.1) is 0 Å². The predicted molar refractivity (Wildman–Crippen MR) is 111 cm³/mol. The fourth-order valence-electron chi connectivity index (χ4n) is 4.80. The fraction of sp³-hybridized carbons (Fsp3) is 0.350. The smallest absolute Gasteiger partial charge is 0.192 e. The Kier molecular flexibility index (Phi) is 4.01. The second-order valence-electron chi connectivity index (χ2n) is 7.58. The van der Waals surface area contributed by atoms with Crippen LogP contribution in [-0.4, -0.2) is 38.1 Å². The highest BCUT2D eigenvalue weighted by Crippen LogP contribution is 2.55. The normalized spacial score (nSPS) is 21.4. The number of fused-ring (bicyclic) bond motifs is 3. The van der Waals surface area contributed by atoms with Crippen LogP contribution in [0.25, 0.3) is 10.2 Å². The number of benzene rings is 2. The molecular weight excluding hydrogens is 397 g/mol. The summed E-state index contributed by atoms with van der Waals surface area (Å²) in [5.74, 6) is -0.347. The van der Waals surface area contributed by atoms with Crippen molar-refractivity contribution in [3.05, 3.63) is 53.8 Å². The number of nitrogens with zero attached hydrogens (tertiary/aromatic N) is 2. The zero-order valence-corrected chi connectivity index (χ0v) is 17.0. The Morgan fingerprint density at radius 3 is 2.71 bits per heavy atom. The first-order valence-corrected chi connectivity index (χ1v) is 12.0. The molecule has 1 spiro atoms. The Morgan fingerprint density at radius 1 is 1.21 bits per heavy atom. The minimum Gasteiger partial charge on any atom is -0.317 e. The molecule has 3 heterocycles. The molecule has 1 saturated heterocycles. The summed E-state index contributed by atoms with van der Waals surface area (Å²) >= 11 is 1.40. The Morgan fingerprint density at radius 2 is 1.96 bits per heavy atom. The van der Waals surface area contributed by atoms with Crippen molar-refractivity contribution in [3.63, 3.8) is 0 Å². The van der Waals surface area contributed by atoms with Gasteiger partial charge >= 0.3 is 0 Å². The largest absolute Gasteiger partial charge is 0.317 e. The van der Waals surface area contributed by atoms with Gasteiger partial charge in [0.25, 0.3) is 0 Å². The number of nitrogens with one attached hydrogen (secondary N) is 1. The summed E-state index contributed by atoms with van der Waals surface area (Å²) in [7, 11) is -3.43. The molecule has 1 N–H and O–H groups in total. The van der Waals surface area contributed by atoms with Crippen molar-refractivity contribution in [2.75, 3.05) is 24.2 Å². The van der Waals surface area contributed by atoms with Crippen LogP contribution in [0.2, 0.25) is 0 Å². The molecule has 2 aliphatic rings. The maximum absolute atomic E-state index is 13.7. The van der Waals surface area contributed by atoms with Crippen LogP contribution >= 0.6 is 11.3 Å². The zero-order valence-electron chi connectivity index (χ0n) is 15.4. The third-order valence-corrected chi connectivity index (χ3v) is 8.36. The number of hydrogen-bond acceptors (Lipinski definition) is 6. The van der Waals surface area contributed by atoms with Crippen LogP contribution in [0.4, 0.5) is 15.2 Å². The topological polar surface area (TPSA) is 62.3 Å². The standard InChI is InChI=1S/C20H20FN3O2S2/c1-28(25,26)18-20(8-10-22-11-9-20)14-4-2-3-5-16(14)24(18)19-23-15-12-13(21)6-7-17(15)27-19/h2-7,12,18,22H,8-11H2,1H3. The molecule has 2 aromatic carbocycles. The van der Waals surface area contributed by atoms with Crippen LogP contribution in [0.1, 0.15) is 18.4 Å². The van der Waals surface area contributed by atoms with E-state index >= 15 is 0 Å². The average Bonchev–Trinajstić information content (AvgIpc) is 3.19. The summed E-state index contributed by atoms with van der Waals surface area (Å²) in [6, 6.07) is 12.4. The van der Waals surface area contributed by atoms with Crippen molar-refractivity contribution < 1.29 is 12.8 Å². The highest BCUT2D eigenvalue weighted by Gasteiger charge is 2.56. The number of sulfone groups is 1. The molecule has 5 nitrogen and oxygen atoms in total. The zero-order chi connectivity index (χ0) is 19.5. The first-order chi connectivity index (χ1) is 13.4. The van der Waals surface area contributed by atoms with Gasteiger partial charge in [-0.25, -0.2) is 17.8 Å². The van der Waals surface area contributed by atoms with Crippen molar-refractivity contribution in [2.24, 2.45) is 0 Å². The van der Waals surface area contributed by atoms with E-state index in [1.165, 1.54) is 29.7 Å². The third kappa shape index (κ3) is 2.58. The second-order valence-corrected chi connectivity index (χ2v) is 10.7. The Labute approximate surface area is 167 Å². The van der Waals surface area contributed by atoms with Crippen molar-refractivity contribution in [1.29, 1.82) is 0 Å². The third-order valence-electron chi connectivity index (χ3n) is 5.85. The van der Waals surface area contributed by atoms with Crippen LogP contribution in [0, 0.1) is 5.82 Å². The summed E-state index contributed by atoms with van der Waals surface area (Å²) in [6.45, 7) is 1.55. The quantitative estimate of drug-likeness (QED) is 0.691. The molecule has 0 amide bonds. The fourth-order valence-corrected chi connectivity index (χ4v) is 7.63. The van der Waals surface area contributed by atoms with Crippen LogP contribution in [0.15, 0.2) is 42.5 Å². The van der Waals surface area contributed by atoms with E-state index in [4.69, 9.17) is 0 Å². The molecule has 28 heavy (non-hydrogen) atoms. The van der Waals surface area contributed by atoms with Crippen molar-refractivity contribution in [1.82, 2.24) is 10.3 Å². The predicted octanol–water partition coefficient (Wildman–Crippen LogP) is 3.58. The molecule has 0 bridgehead atoms. The SMILES string of the molecule is CS(=O)(=O)C1N(c2nc3cc(F)ccc3s2)c2ccccc2C12CCNCC2. The number of anilines is 2. The molecule has 2 aliphatic heterocycles. The minimum absolute atomic E-state index is 0.347. The number of halogens is 1. The minimum atomic E-state index is -3.43. The number of rotatable bonds is 2. The molecular formula is C20H20FN3O2S2. The van der Waals surface area contributed by atoms with Gasteiger partial charge in [0, 0.05) is 23.4 Å². The molecule has 5 rings (SSSR count). The summed E-state index contributed by atoms with van der Waals surface area (Å²) in [5.41, 5.74) is 2.03. The van der Waals surface area contributed by atoms with Gasteiger partial charge in [0.2, 0.25) is 0 Å². The number of piperidine rings is 1. The van der Waals surface area contributed by atoms with Gasteiger partial charge in [0.15, 0.2) is 15.0 Å². The Bertz CT molecular complexity index is 1170. The van der Waals surface area contributed by atoms with E-state index in [-0.39, 0.29) is 5.82 Å². The van der Waals surface area contributed by atoms with E-state index in [1.807, 2.05) is 29.2 Å². The first kappa shape index (κ1) is 18.0. The average molecular weight is 418 g/mol. The van der Waals surface area contributed by atoms with Gasteiger partial charge in [0.05, 0.1) is 10.2 Å². The number of hydrogen-bond donors (Lipinski definition) is 1. The van der Waals surface area contributed by atoms with Gasteiger partial charge in [-0.3, -0.25) is 4.90 Å². The van der Waals surface area contributed by atoms with Gasteiger partial charge in [-0.05, 0) is 49.7 Å². The molecule has 0 saturated carbocycles. The van der Waals surface area contributed by atoms with E-state index in [0.29, 0.717) is 10.6 Å². The lowest BCUT2D eigenvalue weighted by Crippen LogP contribution is -2.52. The lowest BCUT2D eigenvalue weighted by Gasteiger charge is -2.40. The molecule has 0 radical (unpaired) electrons. The van der Waals surface area contributed by atoms with Crippen molar-refractivity contribution in [2.45, 2.75) is 23.6 Å². The maximum atomic E-state index is 13.7. The van der Waals surface area contributed by atoms with E-state index < -0.39 is 20.6 Å². The van der Waals surface area contributed by atoms with E-state index in [9.17, 15) is 12.8 Å². The van der Waals surface area contributed by atoms with Crippen LogP contribution < -0.4 is 10.2 Å². The Balaban J connectivity index is 1.77. The molecule has 1 aromatic heterocycles. The summed E-state index contributed by atoms with van der Waals surface area (Å²) in [6.07, 6.45) is 2.81. The monoisotopic (exact) mass is 417 g/mol. The van der Waals surface area contributed by atoms with Gasteiger partial charge in [0.1, 0.15) is 11.2 Å². The van der Waals surface area contributed by atoms with Crippen LogP contribution in [0.5, 0.6) is 0 Å². The molecule has 1 atom stereocenters. The van der Waals surface area contributed by atoms with Gasteiger partial charge in [-0.1, -0.05) is 29.5 Å². The molecule has 0 aliphatic carbocycles. The second kappa shape index (κ2) is 6.23. The molecule has 8 heteroatoms. The van der Waals surface area contributed by atoms with Crippen LogP contribution in [-0.2, 0) is 15.3 Å². The van der Waals surface area contributed by atoms with Crippen molar-refractivity contribution >= 4 is 42.2 Å². The van der Waals surface area contributed by atoms with E-state index in [2.05, 4.69) is 10.3 Å². The van der Waals surface area contributed by atoms with Gasteiger partial charge < -0.3 is 5.32 Å². The van der Waals surface area contributed by atoms with Gasteiger partial charge in [-0.2, -0.15) is 0 Å². The Hall–Kier alpha value is -2.03. The summed E-state index contributed by atoms with van der Waals surface area (Å²) in [5, 5.41) is 3.23. The van der Waals surface area contributed by atoms with E-state index in [0.717, 1.165) is 41.9 Å².